The van der Waals surface area contributed by atoms with Crippen molar-refractivity contribution in [2.24, 2.45) is 17.2 Å². The third-order valence-corrected chi connectivity index (χ3v) is 12.6. The van der Waals surface area contributed by atoms with Crippen molar-refractivity contribution in [1.82, 2.24) is 20.0 Å². The van der Waals surface area contributed by atoms with Crippen LogP contribution in [0, 0.1) is 0 Å². The summed E-state index contributed by atoms with van der Waals surface area (Å²) in [6.07, 6.45) is 6.58. The number of anilines is 2. The molecule has 3 amide bonds. The quantitative estimate of drug-likeness (QED) is 0.142. The molecule has 3 atom stereocenters. The highest BCUT2D eigenvalue weighted by Gasteiger charge is 2.41. The minimum atomic E-state index is -0.358. The molecule has 8 N–H and O–H groups in total. The fourth-order valence-corrected chi connectivity index (χ4v) is 9.39. The number of amides is 3. The molecule has 5 fully saturated rings. The number of imide groups is 1. The van der Waals surface area contributed by atoms with Crippen molar-refractivity contribution in [3.63, 3.8) is 0 Å². The molecule has 0 aliphatic carbocycles. The molecule has 0 spiro atoms. The molecule has 8 rings (SSSR count). The first-order chi connectivity index (χ1) is 28.0. The zero-order chi connectivity index (χ0) is 40.5. The van der Waals surface area contributed by atoms with E-state index in [1.165, 1.54) is 5.56 Å². The van der Waals surface area contributed by atoms with Crippen molar-refractivity contribution in [3.05, 3.63) is 102 Å². The number of benzene rings is 3. The number of nitrogens with zero attached hydrogens (tertiary/aromatic N) is 5. The van der Waals surface area contributed by atoms with E-state index in [1.54, 1.807) is 24.3 Å². The van der Waals surface area contributed by atoms with Crippen molar-refractivity contribution < 1.29 is 24.2 Å². The number of piperidine rings is 2. The lowest BCUT2D eigenvalue weighted by molar-refractivity contribution is -0.141. The first-order valence-electron chi connectivity index (χ1n) is 20.5. The maximum atomic E-state index is 13.3. The molecule has 3 aromatic rings. The number of likely N-dealkylation sites (N-methyl/N-ethyl adjacent to an activating group) is 1. The number of nitrogens with two attached hydrogens (primary N) is 3. The van der Waals surface area contributed by atoms with E-state index in [9.17, 15) is 19.5 Å². The number of phenolic OH excluding ortho intramolecular Hbond substituents is 1. The molecular weight excluding hydrogens is 735 g/mol. The average Bonchev–Trinajstić information content (AvgIpc) is 3.47. The summed E-state index contributed by atoms with van der Waals surface area (Å²) in [6, 6.07) is 23.7. The molecule has 306 valence electrons. The number of allylic oxidation sites excluding steroid dienone is 1. The number of aromatic hydroxyl groups is 1. The molecule has 14 nitrogen and oxygen atoms in total. The Hall–Kier alpha value is -5.89. The number of piperazine rings is 1. The normalized spacial score (nSPS) is 23.0. The van der Waals surface area contributed by atoms with Gasteiger partial charge in [-0.3, -0.25) is 24.6 Å². The SMILES string of the molecule is CN(c1cccc(C2CCN(CC(=O)N3CC(Oc4cccc(N5C6CCC5CN(C(/C=C(\N)c5ccccc5O)=C(N)N)C6)c4)C3)CC2)c1)C1CCC(=O)NC1=O. The van der Waals surface area contributed by atoms with Crippen LogP contribution in [0.4, 0.5) is 11.4 Å². The smallest absolute Gasteiger partial charge is 0.249 e. The molecule has 2 bridgehead atoms. The Balaban J connectivity index is 0.801. The van der Waals surface area contributed by atoms with Crippen LogP contribution in [0.5, 0.6) is 11.5 Å². The molecule has 3 unspecified atom stereocenters. The number of hydrogen-bond acceptors (Lipinski definition) is 12. The third-order valence-electron chi connectivity index (χ3n) is 12.6. The summed E-state index contributed by atoms with van der Waals surface area (Å²) in [7, 11) is 1.91. The lowest BCUT2D eigenvalue weighted by Crippen LogP contribution is -2.58. The van der Waals surface area contributed by atoms with Crippen molar-refractivity contribution in [3.8, 4) is 11.5 Å². The highest BCUT2D eigenvalue weighted by atomic mass is 16.5. The molecule has 5 heterocycles. The number of para-hydroxylation sites is 1. The zero-order valence-electron chi connectivity index (χ0n) is 33.1. The first-order valence-corrected chi connectivity index (χ1v) is 20.5. The Morgan fingerprint density at radius 1 is 0.879 bits per heavy atom. The average molecular weight is 790 g/mol. The predicted molar refractivity (Wildman–Crippen MR) is 223 cm³/mol. The summed E-state index contributed by atoms with van der Waals surface area (Å²) in [4.78, 5) is 48.2. The second-order valence-electron chi connectivity index (χ2n) is 16.4. The summed E-state index contributed by atoms with van der Waals surface area (Å²) in [5.41, 5.74) is 23.7. The number of nitrogens with one attached hydrogen (secondary N) is 1. The van der Waals surface area contributed by atoms with Gasteiger partial charge >= 0.3 is 0 Å². The number of carbonyl (C=O) groups excluding carboxylic acids is 3. The lowest BCUT2D eigenvalue weighted by atomic mass is 9.89. The molecule has 0 aromatic heterocycles. The van der Waals surface area contributed by atoms with Gasteiger partial charge in [-0.05, 0) is 99.1 Å². The van der Waals surface area contributed by atoms with Crippen LogP contribution in [0.15, 0.2) is 90.4 Å². The van der Waals surface area contributed by atoms with Gasteiger partial charge in [-0.1, -0.05) is 30.3 Å². The maximum absolute atomic E-state index is 13.3. The molecule has 0 radical (unpaired) electrons. The summed E-state index contributed by atoms with van der Waals surface area (Å²) in [5, 5.41) is 12.8. The molecule has 0 saturated carbocycles. The second kappa shape index (κ2) is 16.5. The van der Waals surface area contributed by atoms with Crippen LogP contribution >= 0.6 is 0 Å². The largest absolute Gasteiger partial charge is 0.507 e. The van der Waals surface area contributed by atoms with Gasteiger partial charge in [-0.2, -0.15) is 0 Å². The van der Waals surface area contributed by atoms with Crippen LogP contribution < -0.4 is 37.1 Å². The number of carbonyl (C=O) groups is 3. The van der Waals surface area contributed by atoms with Crippen LogP contribution in [-0.4, -0.2) is 115 Å². The van der Waals surface area contributed by atoms with Crippen molar-refractivity contribution >= 4 is 34.8 Å². The standard InChI is InChI=1S/C44H55N9O5/c1-49(38-14-15-41(55)48-44(38)57)30-7-4-6-29(20-30)28-16-18-50(19-17-28)27-42(56)52-25-35(26-52)58-34-9-5-8-31(21-34)53-32-12-13-33(53)24-51(23-32)39(43(46)47)22-37(45)36-10-2-3-11-40(36)54/h2-11,20-22,28,32-33,35,38,54H,12-19,23-27,45-47H2,1H3,(H,48,55,57)/b37-22-. The number of phenols is 1. The van der Waals surface area contributed by atoms with Gasteiger partial charge < -0.3 is 46.6 Å². The van der Waals surface area contributed by atoms with Gasteiger partial charge in [-0.25, -0.2) is 0 Å². The Bertz CT molecular complexity index is 2070. The third kappa shape index (κ3) is 8.24. The van der Waals surface area contributed by atoms with Crippen LogP contribution in [0.3, 0.4) is 0 Å². The minimum Gasteiger partial charge on any atom is -0.507 e. The summed E-state index contributed by atoms with van der Waals surface area (Å²) < 4.78 is 6.40. The Morgan fingerprint density at radius 3 is 2.31 bits per heavy atom. The Labute approximate surface area is 339 Å². The first kappa shape index (κ1) is 39.0. The van der Waals surface area contributed by atoms with E-state index in [-0.39, 0.29) is 53.5 Å². The number of rotatable bonds is 11. The lowest BCUT2D eigenvalue weighted by Gasteiger charge is -2.44. The summed E-state index contributed by atoms with van der Waals surface area (Å²) in [6.45, 7) is 4.71. The summed E-state index contributed by atoms with van der Waals surface area (Å²) in [5.74, 6) is 1.17. The van der Waals surface area contributed by atoms with Gasteiger partial charge in [0.1, 0.15) is 29.5 Å². The van der Waals surface area contributed by atoms with E-state index in [2.05, 4.69) is 44.3 Å². The number of ether oxygens (including phenoxy) is 1. The molecule has 14 heteroatoms. The Morgan fingerprint density at radius 2 is 1.60 bits per heavy atom. The van der Waals surface area contributed by atoms with Crippen LogP contribution in [0.25, 0.3) is 5.70 Å². The van der Waals surface area contributed by atoms with E-state index in [0.29, 0.717) is 55.4 Å². The van der Waals surface area contributed by atoms with E-state index < -0.39 is 0 Å². The van der Waals surface area contributed by atoms with Gasteiger partial charge in [0.25, 0.3) is 0 Å². The van der Waals surface area contributed by atoms with E-state index in [4.69, 9.17) is 21.9 Å². The molecule has 3 aromatic carbocycles. The van der Waals surface area contributed by atoms with Crippen molar-refractivity contribution in [1.29, 1.82) is 0 Å². The summed E-state index contributed by atoms with van der Waals surface area (Å²) >= 11 is 0. The minimum absolute atomic E-state index is 0.0504. The number of fused-ring (bicyclic) bond motifs is 2. The van der Waals surface area contributed by atoms with Gasteiger partial charge in [0.05, 0.1) is 25.3 Å². The molecule has 5 aliphatic heterocycles. The van der Waals surface area contributed by atoms with Crippen molar-refractivity contribution in [2.75, 3.05) is 62.7 Å². The molecule has 5 aliphatic rings. The number of likely N-dealkylation sites (tertiary alicyclic amines) is 3. The fourth-order valence-electron chi connectivity index (χ4n) is 9.39. The van der Waals surface area contributed by atoms with Crippen LogP contribution in [-0.2, 0) is 14.4 Å². The zero-order valence-corrected chi connectivity index (χ0v) is 33.1. The van der Waals surface area contributed by atoms with Crippen LogP contribution in [0.2, 0.25) is 0 Å². The molecule has 58 heavy (non-hydrogen) atoms. The highest BCUT2D eigenvalue weighted by Crippen LogP contribution is 2.38. The van der Waals surface area contributed by atoms with E-state index >= 15 is 0 Å². The monoisotopic (exact) mass is 789 g/mol. The van der Waals surface area contributed by atoms with Gasteiger partial charge in [0, 0.05) is 67.3 Å². The topological polar surface area (TPSA) is 187 Å². The Kier molecular flexibility index (Phi) is 11.1. The second-order valence-corrected chi connectivity index (χ2v) is 16.4. The van der Waals surface area contributed by atoms with E-state index in [1.807, 2.05) is 47.2 Å². The fraction of sp³-hybridized carbons (Fsp3) is 0.432. The van der Waals surface area contributed by atoms with Gasteiger partial charge in [0.15, 0.2) is 0 Å². The predicted octanol–water partition coefficient (Wildman–Crippen LogP) is 2.84. The molecule has 5 saturated heterocycles. The van der Waals surface area contributed by atoms with Gasteiger partial charge in [0.2, 0.25) is 17.7 Å². The highest BCUT2D eigenvalue weighted by molar-refractivity contribution is 6.01. The molecular formula is C44H55N9O5. The van der Waals surface area contributed by atoms with Crippen molar-refractivity contribution in [2.45, 2.75) is 68.7 Å². The van der Waals surface area contributed by atoms with E-state index in [0.717, 1.165) is 69.0 Å². The maximum Gasteiger partial charge on any atom is 0.249 e. The van der Waals surface area contributed by atoms with Crippen LogP contribution in [0.1, 0.15) is 55.6 Å². The number of hydrogen-bond donors (Lipinski definition) is 5. The van der Waals surface area contributed by atoms with Gasteiger partial charge in [-0.15, -0.1) is 0 Å².